The molecule has 0 aliphatic carbocycles. The van der Waals surface area contributed by atoms with Crippen LogP contribution in [0.15, 0.2) is 23.1 Å². The molecule has 1 amide bonds. The van der Waals surface area contributed by atoms with E-state index in [1.165, 1.54) is 4.31 Å². The van der Waals surface area contributed by atoms with E-state index in [4.69, 9.17) is 0 Å². The van der Waals surface area contributed by atoms with Crippen LogP contribution in [0, 0.1) is 5.92 Å². The van der Waals surface area contributed by atoms with Crippen LogP contribution in [0.5, 0.6) is 0 Å². The Morgan fingerprint density at radius 1 is 1.30 bits per heavy atom. The molecule has 0 radical (unpaired) electrons. The van der Waals surface area contributed by atoms with Gasteiger partial charge in [-0.15, -0.1) is 5.10 Å². The van der Waals surface area contributed by atoms with Crippen LogP contribution < -0.4 is 5.32 Å². The number of fused-ring (bicyclic) bond motifs is 1. The minimum atomic E-state index is -3.61. The predicted octanol–water partition coefficient (Wildman–Crippen LogP) is 1.94. The Kier molecular flexibility index (Phi) is 5.81. The van der Waals surface area contributed by atoms with Crippen LogP contribution in [0.3, 0.4) is 0 Å². The van der Waals surface area contributed by atoms with Crippen molar-refractivity contribution in [1.29, 1.82) is 0 Å². The summed E-state index contributed by atoms with van der Waals surface area (Å²) >= 11 is 0. The van der Waals surface area contributed by atoms with Crippen LogP contribution >= 0.6 is 0 Å². The Labute approximate surface area is 160 Å². The number of rotatable bonds is 6. The number of carbonyl (C=O) groups is 1. The molecule has 3 rings (SSSR count). The van der Waals surface area contributed by atoms with E-state index in [1.807, 2.05) is 11.6 Å². The summed E-state index contributed by atoms with van der Waals surface area (Å²) in [5.74, 6) is -0.105. The lowest BCUT2D eigenvalue weighted by molar-refractivity contribution is -0.126. The fourth-order valence-electron chi connectivity index (χ4n) is 3.41. The van der Waals surface area contributed by atoms with Crippen LogP contribution in [0.2, 0.25) is 0 Å². The number of nitrogens with one attached hydrogen (secondary N) is 1. The van der Waals surface area contributed by atoms with Gasteiger partial charge in [0.1, 0.15) is 5.52 Å². The highest BCUT2D eigenvalue weighted by Crippen LogP contribution is 2.26. The maximum atomic E-state index is 13.0. The Morgan fingerprint density at radius 2 is 2.00 bits per heavy atom. The smallest absolute Gasteiger partial charge is 0.243 e. The molecule has 0 bridgehead atoms. The topological polar surface area (TPSA) is 97.2 Å². The first-order valence-corrected chi connectivity index (χ1v) is 10.9. The summed E-state index contributed by atoms with van der Waals surface area (Å²) < 4.78 is 29.3. The van der Waals surface area contributed by atoms with Crippen LogP contribution in [-0.2, 0) is 14.8 Å². The maximum Gasteiger partial charge on any atom is 0.243 e. The number of sulfonamides is 1. The second-order valence-electron chi connectivity index (χ2n) is 7.01. The molecule has 1 aliphatic rings. The Hall–Kier alpha value is -2.00. The number of nitrogens with zero attached hydrogens (tertiary/aromatic N) is 4. The van der Waals surface area contributed by atoms with E-state index in [1.54, 1.807) is 18.2 Å². The molecule has 0 spiro atoms. The third-order valence-electron chi connectivity index (χ3n) is 5.26. The Bertz CT molecular complexity index is 916. The Morgan fingerprint density at radius 3 is 2.63 bits per heavy atom. The van der Waals surface area contributed by atoms with E-state index in [0.717, 1.165) is 11.9 Å². The lowest BCUT2D eigenvalue weighted by Gasteiger charge is -2.30. The van der Waals surface area contributed by atoms with Gasteiger partial charge in [0.15, 0.2) is 0 Å². The van der Waals surface area contributed by atoms with Crippen molar-refractivity contribution in [2.45, 2.75) is 51.0 Å². The fourth-order valence-corrected chi connectivity index (χ4v) is 4.90. The average Bonchev–Trinajstić information content (AvgIpc) is 3.11. The Balaban J connectivity index is 1.78. The first-order valence-electron chi connectivity index (χ1n) is 9.51. The van der Waals surface area contributed by atoms with Gasteiger partial charge in [-0.25, -0.2) is 13.1 Å². The summed E-state index contributed by atoms with van der Waals surface area (Å²) in [5.41, 5.74) is 1.41. The molecular weight excluding hydrogens is 366 g/mol. The molecule has 0 unspecified atom stereocenters. The standard InChI is InChI=1S/C18H27N5O3S/c1-4-13(3)23-17-7-6-15(12-16(17)20-21-23)27(25,26)22-10-8-14(9-11-22)18(24)19-5-2/h6-7,12-14H,4-5,8-11H2,1-3H3,(H,19,24)/t13-/m1/s1. The van der Waals surface area contributed by atoms with Gasteiger partial charge in [-0.2, -0.15) is 4.31 Å². The molecule has 148 valence electrons. The lowest BCUT2D eigenvalue weighted by atomic mass is 9.97. The van der Waals surface area contributed by atoms with E-state index >= 15 is 0 Å². The van der Waals surface area contributed by atoms with Crippen molar-refractivity contribution in [3.63, 3.8) is 0 Å². The van der Waals surface area contributed by atoms with Crippen molar-refractivity contribution < 1.29 is 13.2 Å². The molecular formula is C18H27N5O3S. The molecule has 8 nitrogen and oxygen atoms in total. The number of aromatic nitrogens is 3. The van der Waals surface area contributed by atoms with E-state index in [9.17, 15) is 13.2 Å². The van der Waals surface area contributed by atoms with Crippen molar-refractivity contribution >= 4 is 27.0 Å². The molecule has 2 aromatic rings. The molecule has 0 saturated carbocycles. The average molecular weight is 394 g/mol. The van der Waals surface area contributed by atoms with Crippen LogP contribution in [0.25, 0.3) is 11.0 Å². The van der Waals surface area contributed by atoms with Gasteiger partial charge in [-0.3, -0.25) is 4.79 Å². The van der Waals surface area contributed by atoms with Crippen LogP contribution in [0.1, 0.15) is 46.1 Å². The molecule has 1 saturated heterocycles. The summed E-state index contributed by atoms with van der Waals surface area (Å²) in [5, 5.41) is 11.1. The quantitative estimate of drug-likeness (QED) is 0.809. The third kappa shape index (κ3) is 3.84. The van der Waals surface area contributed by atoms with Gasteiger partial charge >= 0.3 is 0 Å². The summed E-state index contributed by atoms with van der Waals surface area (Å²) in [4.78, 5) is 12.2. The van der Waals surface area contributed by atoms with E-state index < -0.39 is 10.0 Å². The van der Waals surface area contributed by atoms with Gasteiger partial charge in [0.2, 0.25) is 15.9 Å². The molecule has 27 heavy (non-hydrogen) atoms. The number of piperidine rings is 1. The summed E-state index contributed by atoms with van der Waals surface area (Å²) in [6.07, 6.45) is 1.99. The number of hydrogen-bond donors (Lipinski definition) is 1. The van der Waals surface area contributed by atoms with Crippen molar-refractivity contribution in [1.82, 2.24) is 24.6 Å². The van der Waals surface area contributed by atoms with Crippen molar-refractivity contribution in [3.8, 4) is 0 Å². The number of benzene rings is 1. The van der Waals surface area contributed by atoms with Gasteiger partial charge in [0, 0.05) is 25.6 Å². The van der Waals surface area contributed by atoms with Crippen molar-refractivity contribution in [3.05, 3.63) is 18.2 Å². The van der Waals surface area contributed by atoms with E-state index in [0.29, 0.717) is 38.0 Å². The minimum Gasteiger partial charge on any atom is -0.356 e. The summed E-state index contributed by atoms with van der Waals surface area (Å²) in [7, 11) is -3.61. The number of hydrogen-bond acceptors (Lipinski definition) is 5. The van der Waals surface area contributed by atoms with Gasteiger partial charge in [-0.1, -0.05) is 12.1 Å². The highest BCUT2D eigenvalue weighted by molar-refractivity contribution is 7.89. The van der Waals surface area contributed by atoms with Crippen molar-refractivity contribution in [2.24, 2.45) is 5.92 Å². The minimum absolute atomic E-state index is 0.0117. The molecule has 9 heteroatoms. The molecule has 2 heterocycles. The van der Waals surface area contributed by atoms with Gasteiger partial charge in [0.25, 0.3) is 0 Å². The van der Waals surface area contributed by atoms with Gasteiger partial charge in [0.05, 0.1) is 16.5 Å². The number of amides is 1. The molecule has 1 aromatic heterocycles. The second kappa shape index (κ2) is 7.93. The largest absolute Gasteiger partial charge is 0.356 e. The number of carbonyl (C=O) groups excluding carboxylic acids is 1. The first-order chi connectivity index (χ1) is 12.9. The zero-order chi connectivity index (χ0) is 19.6. The van der Waals surface area contributed by atoms with Crippen LogP contribution in [0.4, 0.5) is 0 Å². The molecule has 1 fully saturated rings. The zero-order valence-corrected chi connectivity index (χ0v) is 16.9. The predicted molar refractivity (Wildman–Crippen MR) is 103 cm³/mol. The van der Waals surface area contributed by atoms with Crippen molar-refractivity contribution in [2.75, 3.05) is 19.6 Å². The van der Waals surface area contributed by atoms with E-state index in [-0.39, 0.29) is 22.8 Å². The van der Waals surface area contributed by atoms with Gasteiger partial charge < -0.3 is 5.32 Å². The highest BCUT2D eigenvalue weighted by Gasteiger charge is 2.32. The molecule has 1 aliphatic heterocycles. The summed E-state index contributed by atoms with van der Waals surface area (Å²) in [6.45, 7) is 7.29. The van der Waals surface area contributed by atoms with Gasteiger partial charge in [-0.05, 0) is 51.3 Å². The maximum absolute atomic E-state index is 13.0. The van der Waals surface area contributed by atoms with E-state index in [2.05, 4.69) is 29.5 Å². The summed E-state index contributed by atoms with van der Waals surface area (Å²) in [6, 6.07) is 5.18. The first kappa shape index (κ1) is 19.8. The third-order valence-corrected chi connectivity index (χ3v) is 7.16. The fraction of sp³-hybridized carbons (Fsp3) is 0.611. The lowest BCUT2D eigenvalue weighted by Crippen LogP contribution is -2.42. The molecule has 1 aromatic carbocycles. The highest BCUT2D eigenvalue weighted by atomic mass is 32.2. The molecule has 1 atom stereocenters. The molecule has 1 N–H and O–H groups in total. The second-order valence-corrected chi connectivity index (χ2v) is 8.95. The zero-order valence-electron chi connectivity index (χ0n) is 16.1. The SMILES string of the molecule is CCNC(=O)C1CCN(S(=O)(=O)c2ccc3c(c2)nnn3[C@H](C)CC)CC1. The monoisotopic (exact) mass is 393 g/mol. The normalized spacial score (nSPS) is 17.9. The van der Waals surface area contributed by atoms with Crippen LogP contribution in [-0.4, -0.2) is 53.3 Å².